The molecule has 2 bridgehead atoms. The molecule has 0 radical (unpaired) electrons. The van der Waals surface area contributed by atoms with Crippen molar-refractivity contribution in [2.45, 2.75) is 63.6 Å². The van der Waals surface area contributed by atoms with E-state index >= 15 is 0 Å². The number of morpholine rings is 1. The third-order valence-electron chi connectivity index (χ3n) is 6.30. The zero-order chi connectivity index (χ0) is 16.4. The monoisotopic (exact) mass is 327 g/mol. The minimum Gasteiger partial charge on any atom is -0.378 e. The number of nitrogens with zero attached hydrogens (tertiary/aromatic N) is 1. The van der Waals surface area contributed by atoms with Crippen LogP contribution in [-0.4, -0.2) is 36.0 Å². The number of Topliss-reactive ketones (excluding diaryl/α,β-unsaturated/α-hetero) is 1. The fourth-order valence-electron chi connectivity index (χ4n) is 4.97. The van der Waals surface area contributed by atoms with Gasteiger partial charge in [0.25, 0.3) is 0 Å². The van der Waals surface area contributed by atoms with E-state index in [1.54, 1.807) is 0 Å². The molecular weight excluding hydrogens is 298 g/mol. The topological polar surface area (TPSA) is 29.5 Å². The van der Waals surface area contributed by atoms with Crippen LogP contribution in [0, 0.1) is 11.8 Å². The summed E-state index contributed by atoms with van der Waals surface area (Å²) in [5.41, 5.74) is 1.37. The van der Waals surface area contributed by atoms with E-state index < -0.39 is 0 Å². The van der Waals surface area contributed by atoms with E-state index in [1.165, 1.54) is 31.2 Å². The number of hydrogen-bond acceptors (Lipinski definition) is 3. The first-order valence-corrected chi connectivity index (χ1v) is 9.69. The number of ketones is 1. The Morgan fingerprint density at radius 2 is 1.71 bits per heavy atom. The standard InChI is InChI=1S/C21H29NO2/c23-21(10-16-6-4-5-7-16)18-11-19-14-24-15-20(12-18)22(19)13-17-8-2-1-3-9-17/h1-3,8-9,16,18-20H,4-7,10-15H2. The second-order valence-electron chi connectivity index (χ2n) is 7.99. The number of carbonyl (C=O) groups excluding carboxylic acids is 1. The van der Waals surface area contributed by atoms with Crippen LogP contribution in [0.3, 0.4) is 0 Å². The molecule has 2 aliphatic heterocycles. The van der Waals surface area contributed by atoms with E-state index in [0.29, 0.717) is 23.8 Å². The fraction of sp³-hybridized carbons (Fsp3) is 0.667. The molecular formula is C21H29NO2. The summed E-state index contributed by atoms with van der Waals surface area (Å²) >= 11 is 0. The Bertz CT molecular complexity index is 538. The van der Waals surface area contributed by atoms with Crippen LogP contribution in [0.25, 0.3) is 0 Å². The van der Waals surface area contributed by atoms with Gasteiger partial charge in [0.2, 0.25) is 0 Å². The van der Waals surface area contributed by atoms with Crippen LogP contribution in [0.4, 0.5) is 0 Å². The van der Waals surface area contributed by atoms with Crippen molar-refractivity contribution in [2.24, 2.45) is 11.8 Å². The third kappa shape index (κ3) is 3.57. The Balaban J connectivity index is 1.39. The van der Waals surface area contributed by atoms with Crippen molar-refractivity contribution in [3.05, 3.63) is 35.9 Å². The van der Waals surface area contributed by atoms with Crippen molar-refractivity contribution in [3.63, 3.8) is 0 Å². The van der Waals surface area contributed by atoms with Crippen molar-refractivity contribution >= 4 is 5.78 Å². The summed E-state index contributed by atoms with van der Waals surface area (Å²) in [6, 6.07) is 11.5. The molecule has 0 N–H and O–H groups in total. The minimum absolute atomic E-state index is 0.275. The lowest BCUT2D eigenvalue weighted by Crippen LogP contribution is -2.57. The summed E-state index contributed by atoms with van der Waals surface area (Å²) in [6.07, 6.45) is 8.02. The number of hydrogen-bond donors (Lipinski definition) is 0. The van der Waals surface area contributed by atoms with Crippen molar-refractivity contribution in [1.82, 2.24) is 4.90 Å². The fourth-order valence-corrected chi connectivity index (χ4v) is 4.97. The Labute approximate surface area is 145 Å². The molecule has 130 valence electrons. The number of ether oxygens (including phenoxy) is 1. The second kappa shape index (κ2) is 7.37. The molecule has 0 aromatic heterocycles. The predicted molar refractivity (Wildman–Crippen MR) is 94.7 cm³/mol. The number of carbonyl (C=O) groups is 1. The average Bonchev–Trinajstić information content (AvgIpc) is 3.08. The molecule has 0 amide bonds. The maximum absolute atomic E-state index is 12.8. The summed E-state index contributed by atoms with van der Waals surface area (Å²) in [7, 11) is 0. The maximum atomic E-state index is 12.8. The van der Waals surface area contributed by atoms with Gasteiger partial charge in [-0.3, -0.25) is 9.69 Å². The summed E-state index contributed by atoms with van der Waals surface area (Å²) in [5, 5.41) is 0. The first kappa shape index (κ1) is 16.3. The summed E-state index contributed by atoms with van der Waals surface area (Å²) in [4.78, 5) is 15.4. The highest BCUT2D eigenvalue weighted by molar-refractivity contribution is 5.81. The smallest absolute Gasteiger partial charge is 0.136 e. The quantitative estimate of drug-likeness (QED) is 0.823. The molecule has 3 fully saturated rings. The molecule has 0 spiro atoms. The molecule has 24 heavy (non-hydrogen) atoms. The Morgan fingerprint density at radius 3 is 2.38 bits per heavy atom. The highest BCUT2D eigenvalue weighted by Gasteiger charge is 2.41. The Kier molecular flexibility index (Phi) is 5.00. The van der Waals surface area contributed by atoms with E-state index in [0.717, 1.165) is 39.0 Å². The van der Waals surface area contributed by atoms with Crippen molar-refractivity contribution < 1.29 is 9.53 Å². The largest absolute Gasteiger partial charge is 0.378 e. The molecule has 1 saturated carbocycles. The third-order valence-corrected chi connectivity index (χ3v) is 6.30. The molecule has 2 atom stereocenters. The zero-order valence-electron chi connectivity index (χ0n) is 14.5. The highest BCUT2D eigenvalue weighted by Crippen LogP contribution is 2.36. The average molecular weight is 327 g/mol. The summed E-state index contributed by atoms with van der Waals surface area (Å²) in [6.45, 7) is 2.57. The molecule has 3 heteroatoms. The van der Waals surface area contributed by atoms with Gasteiger partial charge in [-0.25, -0.2) is 0 Å². The lowest BCUT2D eigenvalue weighted by molar-refractivity contribution is -0.134. The second-order valence-corrected chi connectivity index (χ2v) is 7.99. The molecule has 2 saturated heterocycles. The van der Waals surface area contributed by atoms with E-state index in [1.807, 2.05) is 0 Å². The minimum atomic E-state index is 0.275. The lowest BCUT2D eigenvalue weighted by Gasteiger charge is -2.48. The number of benzene rings is 1. The van der Waals surface area contributed by atoms with Gasteiger partial charge in [0.1, 0.15) is 5.78 Å². The van der Waals surface area contributed by atoms with Gasteiger partial charge in [-0.1, -0.05) is 56.0 Å². The normalized spacial score (nSPS) is 31.2. The van der Waals surface area contributed by atoms with E-state index in [9.17, 15) is 4.79 Å². The molecule has 1 aliphatic carbocycles. The van der Waals surface area contributed by atoms with Gasteiger partial charge in [0.15, 0.2) is 0 Å². The highest BCUT2D eigenvalue weighted by atomic mass is 16.5. The Hall–Kier alpha value is -1.19. The van der Waals surface area contributed by atoms with E-state index in [2.05, 4.69) is 35.2 Å². The summed E-state index contributed by atoms with van der Waals surface area (Å²) in [5.74, 6) is 1.49. The van der Waals surface area contributed by atoms with Crippen LogP contribution in [-0.2, 0) is 16.1 Å². The molecule has 2 unspecified atom stereocenters. The van der Waals surface area contributed by atoms with Crippen LogP contribution < -0.4 is 0 Å². The molecule has 1 aromatic rings. The zero-order valence-corrected chi connectivity index (χ0v) is 14.5. The van der Waals surface area contributed by atoms with Crippen LogP contribution in [0.5, 0.6) is 0 Å². The molecule has 4 rings (SSSR count). The molecule has 3 nitrogen and oxygen atoms in total. The van der Waals surface area contributed by atoms with Crippen molar-refractivity contribution in [1.29, 1.82) is 0 Å². The van der Waals surface area contributed by atoms with Crippen molar-refractivity contribution in [2.75, 3.05) is 13.2 Å². The van der Waals surface area contributed by atoms with Crippen LogP contribution in [0.1, 0.15) is 50.5 Å². The van der Waals surface area contributed by atoms with E-state index in [4.69, 9.17) is 4.74 Å². The predicted octanol–water partition coefficient (Wildman–Crippen LogP) is 3.82. The molecule has 1 aromatic carbocycles. The lowest BCUT2D eigenvalue weighted by atomic mass is 9.80. The van der Waals surface area contributed by atoms with Gasteiger partial charge in [-0.2, -0.15) is 0 Å². The maximum Gasteiger partial charge on any atom is 0.136 e. The molecule has 3 aliphatic rings. The van der Waals surface area contributed by atoms with Crippen LogP contribution >= 0.6 is 0 Å². The van der Waals surface area contributed by atoms with Crippen molar-refractivity contribution in [3.8, 4) is 0 Å². The van der Waals surface area contributed by atoms with Gasteiger partial charge in [0, 0.05) is 31.0 Å². The summed E-state index contributed by atoms with van der Waals surface area (Å²) < 4.78 is 5.81. The molecule has 2 heterocycles. The number of fused-ring (bicyclic) bond motifs is 2. The van der Waals surface area contributed by atoms with Gasteiger partial charge >= 0.3 is 0 Å². The van der Waals surface area contributed by atoms with Crippen LogP contribution in [0.2, 0.25) is 0 Å². The first-order valence-electron chi connectivity index (χ1n) is 9.69. The van der Waals surface area contributed by atoms with E-state index in [-0.39, 0.29) is 5.92 Å². The van der Waals surface area contributed by atoms with Crippen LogP contribution in [0.15, 0.2) is 30.3 Å². The first-order chi connectivity index (χ1) is 11.8. The SMILES string of the molecule is O=C(CC1CCCC1)C1CC2COCC(C1)N2Cc1ccccc1. The van der Waals surface area contributed by atoms with Gasteiger partial charge in [0.05, 0.1) is 13.2 Å². The van der Waals surface area contributed by atoms with Gasteiger partial charge < -0.3 is 4.74 Å². The number of piperidine rings is 1. The van der Waals surface area contributed by atoms with Gasteiger partial charge in [-0.15, -0.1) is 0 Å². The number of rotatable bonds is 5. The Morgan fingerprint density at radius 1 is 1.04 bits per heavy atom. The van der Waals surface area contributed by atoms with Gasteiger partial charge in [-0.05, 0) is 24.3 Å².